The van der Waals surface area contributed by atoms with Crippen LogP contribution in [0.15, 0.2) is 0 Å². The Labute approximate surface area is 70.9 Å². The van der Waals surface area contributed by atoms with E-state index in [1.54, 1.807) is 0 Å². The summed E-state index contributed by atoms with van der Waals surface area (Å²) in [5.74, 6) is 2.59. The average Bonchev–Trinajstić information content (AvgIpc) is 1.80. The first-order valence-corrected chi connectivity index (χ1v) is 5.56. The van der Waals surface area contributed by atoms with Crippen LogP contribution in [0.5, 0.6) is 0 Å². The summed E-state index contributed by atoms with van der Waals surface area (Å²) in [6.45, 7) is 4.42. The van der Waals surface area contributed by atoms with Crippen molar-refractivity contribution >= 4 is 27.7 Å². The van der Waals surface area contributed by atoms with E-state index in [9.17, 15) is 0 Å². The minimum absolute atomic E-state index is 0.704. The third kappa shape index (κ3) is 8.83. The van der Waals surface area contributed by atoms with Gasteiger partial charge in [-0.05, 0) is 24.3 Å². The van der Waals surface area contributed by atoms with Crippen LogP contribution >= 0.6 is 27.7 Å². The van der Waals surface area contributed by atoms with Crippen LogP contribution in [-0.4, -0.2) is 16.3 Å². The molecule has 2 heteroatoms. The highest BCUT2D eigenvalue weighted by atomic mass is 79.9. The normalized spacial score (nSPS) is 13.7. The molecule has 0 bridgehead atoms. The molecule has 0 aliphatic heterocycles. The van der Waals surface area contributed by atoms with E-state index in [2.05, 4.69) is 29.8 Å². The summed E-state index contributed by atoms with van der Waals surface area (Å²) < 4.78 is 0. The van der Waals surface area contributed by atoms with Gasteiger partial charge in [0, 0.05) is 4.83 Å². The Bertz CT molecular complexity index is 54.9. The Morgan fingerprint density at radius 1 is 1.56 bits per heavy atom. The fraction of sp³-hybridized carbons (Fsp3) is 1.00. The summed E-state index contributed by atoms with van der Waals surface area (Å²) in [4.78, 5) is 0.704. The molecule has 0 rings (SSSR count). The van der Waals surface area contributed by atoms with Gasteiger partial charge in [-0.2, -0.15) is 11.8 Å². The van der Waals surface area contributed by atoms with Gasteiger partial charge in [-0.3, -0.25) is 0 Å². The molecule has 0 radical (unpaired) electrons. The van der Waals surface area contributed by atoms with Gasteiger partial charge in [-0.25, -0.2) is 0 Å². The molecule has 0 spiro atoms. The molecular weight excluding hydrogens is 196 g/mol. The first-order valence-electron chi connectivity index (χ1n) is 3.49. The molecule has 0 aromatic rings. The second kappa shape index (κ2) is 6.94. The van der Waals surface area contributed by atoms with Crippen molar-refractivity contribution in [3.05, 3.63) is 0 Å². The van der Waals surface area contributed by atoms with Gasteiger partial charge >= 0.3 is 0 Å². The Hall–Kier alpha value is 0.830. The Kier molecular flexibility index (Phi) is 7.58. The number of rotatable bonds is 5. The van der Waals surface area contributed by atoms with E-state index in [1.165, 1.54) is 24.3 Å². The molecule has 0 heterocycles. The number of hydrogen-bond donors (Lipinski definition) is 0. The largest absolute Gasteiger partial charge is 0.162 e. The van der Waals surface area contributed by atoms with Gasteiger partial charge in [-0.15, -0.1) is 0 Å². The highest BCUT2D eigenvalue weighted by molar-refractivity contribution is 9.09. The van der Waals surface area contributed by atoms with Gasteiger partial charge in [0.1, 0.15) is 0 Å². The topological polar surface area (TPSA) is 0 Å². The molecule has 0 fully saturated rings. The van der Waals surface area contributed by atoms with E-state index in [-0.39, 0.29) is 0 Å². The van der Waals surface area contributed by atoms with Crippen molar-refractivity contribution in [2.24, 2.45) is 0 Å². The highest BCUT2D eigenvalue weighted by Crippen LogP contribution is 2.10. The summed E-state index contributed by atoms with van der Waals surface area (Å²) in [6, 6.07) is 0. The molecule has 0 aromatic carbocycles. The first-order chi connectivity index (χ1) is 4.27. The van der Waals surface area contributed by atoms with Crippen LogP contribution in [0.25, 0.3) is 0 Å². The summed E-state index contributed by atoms with van der Waals surface area (Å²) >= 11 is 5.55. The summed E-state index contributed by atoms with van der Waals surface area (Å²) in [7, 11) is 0. The predicted molar refractivity (Wildman–Crippen MR) is 50.6 cm³/mol. The van der Waals surface area contributed by atoms with Gasteiger partial charge in [-0.1, -0.05) is 29.8 Å². The summed E-state index contributed by atoms with van der Waals surface area (Å²) in [6.07, 6.45) is 2.66. The summed E-state index contributed by atoms with van der Waals surface area (Å²) in [5.41, 5.74) is 0. The Morgan fingerprint density at radius 3 is 2.67 bits per heavy atom. The van der Waals surface area contributed by atoms with E-state index >= 15 is 0 Å². The van der Waals surface area contributed by atoms with Crippen LogP contribution in [-0.2, 0) is 0 Å². The SMILES string of the molecule is CCSCCCC(C)Br. The van der Waals surface area contributed by atoms with Gasteiger partial charge in [0.15, 0.2) is 0 Å². The van der Waals surface area contributed by atoms with Gasteiger partial charge in [0.2, 0.25) is 0 Å². The van der Waals surface area contributed by atoms with Crippen LogP contribution in [0, 0.1) is 0 Å². The van der Waals surface area contributed by atoms with Crippen molar-refractivity contribution < 1.29 is 0 Å². The number of thioether (sulfide) groups is 1. The standard InChI is InChI=1S/C7H15BrS/c1-3-9-6-4-5-7(2)8/h7H,3-6H2,1-2H3. The minimum Gasteiger partial charge on any atom is -0.162 e. The van der Waals surface area contributed by atoms with Gasteiger partial charge in [0.05, 0.1) is 0 Å². The zero-order valence-electron chi connectivity index (χ0n) is 6.19. The zero-order chi connectivity index (χ0) is 7.11. The molecular formula is C7H15BrS. The molecule has 0 saturated carbocycles. The average molecular weight is 211 g/mol. The van der Waals surface area contributed by atoms with E-state index < -0.39 is 0 Å². The molecule has 1 atom stereocenters. The first kappa shape index (κ1) is 9.83. The fourth-order valence-electron chi connectivity index (χ4n) is 0.611. The zero-order valence-corrected chi connectivity index (χ0v) is 8.59. The van der Waals surface area contributed by atoms with Crippen LogP contribution in [0.4, 0.5) is 0 Å². The third-order valence-electron chi connectivity index (χ3n) is 1.09. The molecule has 9 heavy (non-hydrogen) atoms. The smallest absolute Gasteiger partial charge is 0.0117 e. The lowest BCUT2D eigenvalue weighted by molar-refractivity contribution is 0.804. The quantitative estimate of drug-likeness (QED) is 0.496. The van der Waals surface area contributed by atoms with Crippen LogP contribution in [0.1, 0.15) is 26.7 Å². The van der Waals surface area contributed by atoms with Crippen molar-refractivity contribution in [3.8, 4) is 0 Å². The van der Waals surface area contributed by atoms with Crippen LogP contribution < -0.4 is 0 Å². The molecule has 0 N–H and O–H groups in total. The lowest BCUT2D eigenvalue weighted by atomic mass is 10.3. The second-order valence-electron chi connectivity index (χ2n) is 2.12. The van der Waals surface area contributed by atoms with Crippen molar-refractivity contribution in [1.29, 1.82) is 0 Å². The second-order valence-corrected chi connectivity index (χ2v) is 5.08. The fourth-order valence-corrected chi connectivity index (χ4v) is 1.59. The maximum atomic E-state index is 3.52. The molecule has 0 aliphatic carbocycles. The highest BCUT2D eigenvalue weighted by Gasteiger charge is 1.93. The Morgan fingerprint density at radius 2 is 2.22 bits per heavy atom. The number of alkyl halides is 1. The maximum absolute atomic E-state index is 3.52. The maximum Gasteiger partial charge on any atom is 0.0117 e. The molecule has 0 aromatic heterocycles. The van der Waals surface area contributed by atoms with E-state index in [0.29, 0.717) is 4.83 Å². The lowest BCUT2D eigenvalue weighted by Crippen LogP contribution is -1.90. The molecule has 0 amide bonds. The summed E-state index contributed by atoms with van der Waals surface area (Å²) in [5, 5.41) is 0. The molecule has 1 unspecified atom stereocenters. The molecule has 56 valence electrons. The van der Waals surface area contributed by atoms with Crippen LogP contribution in [0.2, 0.25) is 0 Å². The van der Waals surface area contributed by atoms with E-state index in [4.69, 9.17) is 0 Å². The minimum atomic E-state index is 0.704. The van der Waals surface area contributed by atoms with Crippen molar-refractivity contribution in [1.82, 2.24) is 0 Å². The van der Waals surface area contributed by atoms with E-state index in [0.717, 1.165) is 0 Å². The van der Waals surface area contributed by atoms with Gasteiger partial charge < -0.3 is 0 Å². The number of hydrogen-bond acceptors (Lipinski definition) is 1. The predicted octanol–water partition coefficient (Wildman–Crippen LogP) is 3.30. The Balaban J connectivity index is 2.75. The molecule has 0 saturated heterocycles. The van der Waals surface area contributed by atoms with E-state index in [1.807, 2.05) is 11.8 Å². The lowest BCUT2D eigenvalue weighted by Gasteiger charge is -2.00. The monoisotopic (exact) mass is 210 g/mol. The number of halogens is 1. The third-order valence-corrected chi connectivity index (χ3v) is 2.54. The molecule has 0 aliphatic rings. The van der Waals surface area contributed by atoms with Crippen molar-refractivity contribution in [2.45, 2.75) is 31.5 Å². The van der Waals surface area contributed by atoms with Gasteiger partial charge in [0.25, 0.3) is 0 Å². The van der Waals surface area contributed by atoms with Crippen molar-refractivity contribution in [3.63, 3.8) is 0 Å². The molecule has 0 nitrogen and oxygen atoms in total. The van der Waals surface area contributed by atoms with Crippen LogP contribution in [0.3, 0.4) is 0 Å². The van der Waals surface area contributed by atoms with Crippen molar-refractivity contribution in [2.75, 3.05) is 11.5 Å².